The van der Waals surface area contributed by atoms with Gasteiger partial charge in [0, 0.05) is 13.2 Å². The van der Waals surface area contributed by atoms with Crippen LogP contribution in [0.1, 0.15) is 122 Å². The van der Waals surface area contributed by atoms with Crippen LogP contribution in [0.4, 0.5) is 0 Å². The lowest BCUT2D eigenvalue weighted by Gasteiger charge is -2.09. The van der Waals surface area contributed by atoms with Crippen LogP contribution in [0, 0.1) is 0 Å². The fraction of sp³-hybridized carbons (Fsp3) is 1.00. The Balaban J connectivity index is 3.05. The highest BCUT2D eigenvalue weighted by Crippen LogP contribution is 2.13. The lowest BCUT2D eigenvalue weighted by atomic mass is 10.0. The molecule has 0 aromatic carbocycles. The first-order valence-corrected chi connectivity index (χ1v) is 24.4. The maximum atomic E-state index is 5.69. The molecule has 0 saturated carbocycles. The predicted molar refractivity (Wildman–Crippen MR) is 237 cm³/mol. The minimum atomic E-state index is 0.522. The number of alkyl halides is 1. The topological polar surface area (TPSA) is 111 Å². The zero-order valence-electron chi connectivity index (χ0n) is 36.7. The van der Waals surface area contributed by atoms with E-state index in [2.05, 4.69) is 29.5 Å². The Bertz CT molecular complexity index is 631. The minimum absolute atomic E-state index is 0.522. The van der Waals surface area contributed by atoms with Crippen molar-refractivity contribution in [1.82, 2.24) is 0 Å². The van der Waals surface area contributed by atoms with E-state index in [-0.39, 0.29) is 0 Å². The van der Waals surface area contributed by atoms with E-state index >= 15 is 0 Å². The van der Waals surface area contributed by atoms with Crippen molar-refractivity contribution in [2.45, 2.75) is 122 Å². The van der Waals surface area contributed by atoms with Crippen molar-refractivity contribution in [2.24, 2.45) is 0 Å². The SMILES string of the molecule is CCCCCCCCCCCCCCCCOCCOCCOCCOCCOCCOCCOCCOCCOCCOCCOCCOCCCCCCI. The third-order valence-electron chi connectivity index (χ3n) is 8.91. The molecule has 0 fully saturated rings. The van der Waals surface area contributed by atoms with Crippen molar-refractivity contribution >= 4 is 22.6 Å². The van der Waals surface area contributed by atoms with Gasteiger partial charge in [0.1, 0.15) is 0 Å². The van der Waals surface area contributed by atoms with Crippen LogP contribution in [0.3, 0.4) is 0 Å². The highest BCUT2D eigenvalue weighted by molar-refractivity contribution is 14.1. The van der Waals surface area contributed by atoms with Gasteiger partial charge in [-0.1, -0.05) is 126 Å². The van der Waals surface area contributed by atoms with Crippen molar-refractivity contribution in [1.29, 1.82) is 0 Å². The molecule has 0 amide bonds. The summed E-state index contributed by atoms with van der Waals surface area (Å²) in [6, 6.07) is 0. The molecule has 0 saturated heterocycles. The summed E-state index contributed by atoms with van der Waals surface area (Å²) in [7, 11) is 0. The number of rotatable bonds is 54. The molecular weight excluding hydrogens is 847 g/mol. The Morgan fingerprint density at radius 2 is 0.351 bits per heavy atom. The normalized spacial score (nSPS) is 11.7. The standard InChI is InChI=1S/C44H89IO12/c1-2-3-4-5-6-7-8-9-10-11-12-13-15-18-21-46-23-25-48-27-29-50-31-33-52-35-37-54-39-41-56-43-44-57-42-40-55-38-36-53-34-32-51-30-28-49-26-24-47-22-19-16-14-17-20-45/h2-44H2,1H3. The average molecular weight is 937 g/mol. The van der Waals surface area contributed by atoms with Crippen LogP contribution < -0.4 is 0 Å². The van der Waals surface area contributed by atoms with Crippen molar-refractivity contribution in [3.05, 3.63) is 0 Å². The van der Waals surface area contributed by atoms with Gasteiger partial charge in [0.2, 0.25) is 0 Å². The lowest BCUT2D eigenvalue weighted by Crippen LogP contribution is -2.15. The van der Waals surface area contributed by atoms with Crippen molar-refractivity contribution in [3.8, 4) is 0 Å². The van der Waals surface area contributed by atoms with Gasteiger partial charge in [-0.2, -0.15) is 0 Å². The number of unbranched alkanes of at least 4 members (excludes halogenated alkanes) is 16. The first-order valence-electron chi connectivity index (χ1n) is 22.9. The van der Waals surface area contributed by atoms with Gasteiger partial charge < -0.3 is 56.8 Å². The molecule has 13 heteroatoms. The number of hydrogen-bond donors (Lipinski definition) is 0. The summed E-state index contributed by atoms with van der Waals surface area (Å²) in [5.74, 6) is 0. The van der Waals surface area contributed by atoms with Crippen LogP contribution in [0.25, 0.3) is 0 Å². The summed E-state index contributed by atoms with van der Waals surface area (Å²) in [5, 5.41) is 0. The summed E-state index contributed by atoms with van der Waals surface area (Å²) in [6.45, 7) is 16.2. The lowest BCUT2D eigenvalue weighted by molar-refractivity contribution is -0.0284. The molecule has 0 radical (unpaired) electrons. The molecule has 0 aromatic heterocycles. The first kappa shape index (κ1) is 57.2. The minimum Gasteiger partial charge on any atom is -0.379 e. The van der Waals surface area contributed by atoms with Gasteiger partial charge in [0.15, 0.2) is 0 Å². The largest absolute Gasteiger partial charge is 0.379 e. The molecule has 12 nitrogen and oxygen atoms in total. The Morgan fingerprint density at radius 1 is 0.193 bits per heavy atom. The molecule has 57 heavy (non-hydrogen) atoms. The zero-order chi connectivity index (χ0) is 40.9. The third kappa shape index (κ3) is 56.2. The molecule has 344 valence electrons. The predicted octanol–water partition coefficient (Wildman–Crippen LogP) is 8.66. The molecule has 0 N–H and O–H groups in total. The monoisotopic (exact) mass is 937 g/mol. The molecule has 0 spiro atoms. The van der Waals surface area contributed by atoms with E-state index in [0.717, 1.165) is 26.1 Å². The van der Waals surface area contributed by atoms with Crippen LogP contribution in [0.2, 0.25) is 0 Å². The van der Waals surface area contributed by atoms with Gasteiger partial charge in [-0.3, -0.25) is 0 Å². The second-order valence-electron chi connectivity index (χ2n) is 14.0. The van der Waals surface area contributed by atoms with Gasteiger partial charge in [-0.05, 0) is 23.7 Å². The first-order chi connectivity index (χ1) is 28.4. The fourth-order valence-corrected chi connectivity index (χ4v) is 6.11. The zero-order valence-corrected chi connectivity index (χ0v) is 38.8. The van der Waals surface area contributed by atoms with Crippen LogP contribution in [0.15, 0.2) is 0 Å². The molecule has 0 atom stereocenters. The van der Waals surface area contributed by atoms with Crippen molar-refractivity contribution < 1.29 is 56.8 Å². The molecule has 0 aliphatic carbocycles. The summed E-state index contributed by atoms with van der Waals surface area (Å²) < 4.78 is 67.8. The van der Waals surface area contributed by atoms with Gasteiger partial charge in [-0.15, -0.1) is 0 Å². The van der Waals surface area contributed by atoms with Gasteiger partial charge in [0.25, 0.3) is 0 Å². The summed E-state index contributed by atoms with van der Waals surface area (Å²) in [5.41, 5.74) is 0. The van der Waals surface area contributed by atoms with Crippen LogP contribution in [-0.4, -0.2) is 163 Å². The molecule has 0 rings (SSSR count). The van der Waals surface area contributed by atoms with E-state index in [0.29, 0.717) is 145 Å². The molecule has 0 heterocycles. The van der Waals surface area contributed by atoms with Crippen molar-refractivity contribution in [3.63, 3.8) is 0 Å². The summed E-state index contributed by atoms with van der Waals surface area (Å²) in [6.07, 6.45) is 24.2. The fourth-order valence-electron chi connectivity index (χ4n) is 5.57. The number of ether oxygens (including phenoxy) is 12. The average Bonchev–Trinajstić information content (AvgIpc) is 3.22. The summed E-state index contributed by atoms with van der Waals surface area (Å²) >= 11 is 2.42. The highest BCUT2D eigenvalue weighted by Gasteiger charge is 1.98. The second kappa shape index (κ2) is 56.2. The molecule has 0 aliphatic rings. The van der Waals surface area contributed by atoms with E-state index in [1.807, 2.05) is 0 Å². The molecular formula is C44H89IO12. The van der Waals surface area contributed by atoms with Crippen LogP contribution in [0.5, 0.6) is 0 Å². The van der Waals surface area contributed by atoms with Crippen LogP contribution >= 0.6 is 22.6 Å². The van der Waals surface area contributed by atoms with Crippen molar-refractivity contribution in [2.75, 3.05) is 163 Å². The molecule has 0 bridgehead atoms. The van der Waals surface area contributed by atoms with Gasteiger partial charge >= 0.3 is 0 Å². The Hall–Kier alpha value is 0.250. The van der Waals surface area contributed by atoms with Crippen LogP contribution in [-0.2, 0) is 56.8 Å². The Morgan fingerprint density at radius 3 is 0.544 bits per heavy atom. The molecule has 0 aromatic rings. The third-order valence-corrected chi connectivity index (χ3v) is 9.67. The maximum absolute atomic E-state index is 5.69. The highest BCUT2D eigenvalue weighted by atomic mass is 127. The second-order valence-corrected chi connectivity index (χ2v) is 15.1. The van der Waals surface area contributed by atoms with Gasteiger partial charge in [0.05, 0.1) is 145 Å². The van der Waals surface area contributed by atoms with E-state index in [1.54, 1.807) is 0 Å². The Labute approximate surface area is 363 Å². The van der Waals surface area contributed by atoms with E-state index in [4.69, 9.17) is 56.8 Å². The molecule has 0 unspecified atom stereocenters. The summed E-state index contributed by atoms with van der Waals surface area (Å²) in [4.78, 5) is 0. The smallest absolute Gasteiger partial charge is 0.0701 e. The quantitative estimate of drug-likeness (QED) is 0.0331. The number of halogens is 1. The van der Waals surface area contributed by atoms with E-state index < -0.39 is 0 Å². The maximum Gasteiger partial charge on any atom is 0.0701 e. The van der Waals surface area contributed by atoms with E-state index in [9.17, 15) is 0 Å². The Kier molecular flexibility index (Phi) is 56.5. The van der Waals surface area contributed by atoms with E-state index in [1.165, 1.54) is 107 Å². The van der Waals surface area contributed by atoms with Gasteiger partial charge in [-0.25, -0.2) is 0 Å². The number of hydrogen-bond acceptors (Lipinski definition) is 12. The molecule has 0 aliphatic heterocycles.